The molecular formula is C20H25N3O2S. The summed E-state index contributed by atoms with van der Waals surface area (Å²) in [5, 5.41) is 7.01. The summed E-state index contributed by atoms with van der Waals surface area (Å²) in [5.74, 6) is 1.51. The average Bonchev–Trinajstić information content (AvgIpc) is 2.65. The van der Waals surface area contributed by atoms with Crippen molar-refractivity contribution in [1.29, 1.82) is 0 Å². The third-order valence-corrected chi connectivity index (χ3v) is 4.59. The number of hydrogen-bond acceptors (Lipinski definition) is 4. The fourth-order valence-corrected chi connectivity index (χ4v) is 3.21. The van der Waals surface area contributed by atoms with Gasteiger partial charge in [-0.2, -0.15) is 0 Å². The molecule has 0 radical (unpaired) electrons. The number of thiocarbonyl (C=S) groups is 1. The van der Waals surface area contributed by atoms with Gasteiger partial charge >= 0.3 is 0 Å². The Labute approximate surface area is 160 Å². The van der Waals surface area contributed by atoms with E-state index >= 15 is 0 Å². The quantitative estimate of drug-likeness (QED) is 0.759. The van der Waals surface area contributed by atoms with Gasteiger partial charge in [-0.05, 0) is 68.9 Å². The summed E-state index contributed by atoms with van der Waals surface area (Å²) in [7, 11) is 0. The summed E-state index contributed by atoms with van der Waals surface area (Å²) < 4.78 is 11.1. The first kappa shape index (κ1) is 18.3. The van der Waals surface area contributed by atoms with E-state index in [4.69, 9.17) is 21.7 Å². The first-order valence-corrected chi connectivity index (χ1v) is 9.34. The van der Waals surface area contributed by atoms with Crippen LogP contribution < -0.4 is 25.0 Å². The Hall–Kier alpha value is -2.47. The first-order valence-electron chi connectivity index (χ1n) is 8.94. The normalized spacial score (nSPS) is 12.4. The summed E-state index contributed by atoms with van der Waals surface area (Å²) in [6.07, 6.45) is 0. The zero-order valence-electron chi connectivity index (χ0n) is 15.5. The summed E-state index contributed by atoms with van der Waals surface area (Å²) in [5.41, 5.74) is 4.24. The summed E-state index contributed by atoms with van der Waals surface area (Å²) >= 11 is 5.46. The fourth-order valence-electron chi connectivity index (χ4n) is 2.98. The molecule has 26 heavy (non-hydrogen) atoms. The van der Waals surface area contributed by atoms with Crippen molar-refractivity contribution in [3.05, 3.63) is 42.0 Å². The van der Waals surface area contributed by atoms with Gasteiger partial charge < -0.3 is 25.0 Å². The van der Waals surface area contributed by atoms with Crippen LogP contribution in [0.4, 0.5) is 17.1 Å². The van der Waals surface area contributed by atoms with Gasteiger partial charge in [0, 0.05) is 36.2 Å². The third-order valence-electron chi connectivity index (χ3n) is 4.39. The fraction of sp³-hybridized carbons (Fsp3) is 0.350. The summed E-state index contributed by atoms with van der Waals surface area (Å²) in [4.78, 5) is 2.32. The molecule has 3 rings (SSSR count). The molecule has 2 aromatic carbocycles. The molecule has 0 bridgehead atoms. The van der Waals surface area contributed by atoms with Gasteiger partial charge in [-0.1, -0.05) is 0 Å². The predicted molar refractivity (Wildman–Crippen MR) is 112 cm³/mol. The van der Waals surface area contributed by atoms with E-state index in [0.717, 1.165) is 41.5 Å². The Bertz CT molecular complexity index is 791. The van der Waals surface area contributed by atoms with Gasteiger partial charge in [0.05, 0.1) is 0 Å². The summed E-state index contributed by atoms with van der Waals surface area (Å²) in [6.45, 7) is 9.55. The van der Waals surface area contributed by atoms with Gasteiger partial charge in [0.1, 0.15) is 13.2 Å². The van der Waals surface area contributed by atoms with Gasteiger partial charge in [0.25, 0.3) is 0 Å². The number of aryl methyl sites for hydroxylation is 1. The minimum atomic E-state index is 0.542. The van der Waals surface area contributed by atoms with Crippen LogP contribution in [0.2, 0.25) is 0 Å². The second-order valence-electron chi connectivity index (χ2n) is 6.11. The van der Waals surface area contributed by atoms with E-state index in [9.17, 15) is 0 Å². The van der Waals surface area contributed by atoms with Crippen LogP contribution in [0.5, 0.6) is 11.5 Å². The van der Waals surface area contributed by atoms with Crippen LogP contribution in [0.25, 0.3) is 0 Å². The maximum absolute atomic E-state index is 5.61. The van der Waals surface area contributed by atoms with E-state index in [-0.39, 0.29) is 0 Å². The summed E-state index contributed by atoms with van der Waals surface area (Å²) in [6, 6.07) is 12.1. The van der Waals surface area contributed by atoms with Gasteiger partial charge in [-0.3, -0.25) is 0 Å². The molecule has 0 saturated heterocycles. The van der Waals surface area contributed by atoms with Crippen molar-refractivity contribution < 1.29 is 9.47 Å². The molecule has 0 unspecified atom stereocenters. The Morgan fingerprint density at radius 1 is 1.00 bits per heavy atom. The molecule has 1 aliphatic heterocycles. The van der Waals surface area contributed by atoms with Crippen molar-refractivity contribution in [1.82, 2.24) is 0 Å². The number of fused-ring (bicyclic) bond motifs is 1. The molecule has 0 saturated carbocycles. The van der Waals surface area contributed by atoms with E-state index < -0.39 is 0 Å². The van der Waals surface area contributed by atoms with Gasteiger partial charge in [0.15, 0.2) is 16.6 Å². The van der Waals surface area contributed by atoms with Crippen LogP contribution in [0.15, 0.2) is 36.4 Å². The lowest BCUT2D eigenvalue weighted by atomic mass is 10.1. The second kappa shape index (κ2) is 8.27. The molecule has 0 aromatic heterocycles. The molecular weight excluding hydrogens is 346 g/mol. The molecule has 0 aliphatic carbocycles. The van der Waals surface area contributed by atoms with Crippen LogP contribution in [0.1, 0.15) is 19.4 Å². The van der Waals surface area contributed by atoms with Crippen molar-refractivity contribution in [2.24, 2.45) is 0 Å². The Morgan fingerprint density at radius 2 is 1.73 bits per heavy atom. The van der Waals surface area contributed by atoms with E-state index in [2.05, 4.69) is 54.5 Å². The van der Waals surface area contributed by atoms with E-state index in [1.54, 1.807) is 0 Å². The Morgan fingerprint density at radius 3 is 2.42 bits per heavy atom. The highest BCUT2D eigenvalue weighted by Gasteiger charge is 2.12. The number of nitrogens with zero attached hydrogens (tertiary/aromatic N) is 1. The van der Waals surface area contributed by atoms with Crippen LogP contribution in [0, 0.1) is 6.92 Å². The molecule has 5 nitrogen and oxygen atoms in total. The van der Waals surface area contributed by atoms with E-state index in [0.29, 0.717) is 18.3 Å². The number of nitrogens with one attached hydrogen (secondary N) is 2. The molecule has 0 fully saturated rings. The molecule has 0 atom stereocenters. The molecule has 1 aliphatic rings. The highest BCUT2D eigenvalue weighted by Crippen LogP contribution is 2.32. The number of hydrogen-bond donors (Lipinski definition) is 2. The van der Waals surface area contributed by atoms with Crippen molar-refractivity contribution in [3.8, 4) is 11.5 Å². The van der Waals surface area contributed by atoms with Gasteiger partial charge in [-0.25, -0.2) is 0 Å². The molecule has 6 heteroatoms. The molecule has 0 spiro atoms. The average molecular weight is 372 g/mol. The van der Waals surface area contributed by atoms with Crippen LogP contribution in [0.3, 0.4) is 0 Å². The monoisotopic (exact) mass is 371 g/mol. The molecule has 2 aromatic rings. The van der Waals surface area contributed by atoms with Gasteiger partial charge in [0.2, 0.25) is 0 Å². The first-order chi connectivity index (χ1) is 12.6. The number of benzene rings is 2. The third kappa shape index (κ3) is 4.19. The highest BCUT2D eigenvalue weighted by molar-refractivity contribution is 7.80. The second-order valence-corrected chi connectivity index (χ2v) is 6.52. The standard InChI is InChI=1S/C20H25N3O2S/c1-4-23(5-2)16-7-8-17(14(3)12-16)22-20(26)21-15-6-9-18-19(13-15)25-11-10-24-18/h6-9,12-13H,4-5,10-11H2,1-3H3,(H2,21,22,26). The zero-order valence-corrected chi connectivity index (χ0v) is 16.3. The van der Waals surface area contributed by atoms with Crippen LogP contribution in [-0.4, -0.2) is 31.4 Å². The number of ether oxygens (including phenoxy) is 2. The zero-order chi connectivity index (χ0) is 18.5. The Kier molecular flexibility index (Phi) is 5.83. The highest BCUT2D eigenvalue weighted by atomic mass is 32.1. The lowest BCUT2D eigenvalue weighted by molar-refractivity contribution is 0.171. The van der Waals surface area contributed by atoms with Crippen molar-refractivity contribution in [3.63, 3.8) is 0 Å². The molecule has 2 N–H and O–H groups in total. The van der Waals surface area contributed by atoms with E-state index in [1.165, 1.54) is 5.69 Å². The molecule has 138 valence electrons. The minimum absolute atomic E-state index is 0.542. The van der Waals surface area contributed by atoms with Crippen molar-refractivity contribution in [2.75, 3.05) is 41.8 Å². The van der Waals surface area contributed by atoms with Crippen LogP contribution in [-0.2, 0) is 0 Å². The molecule has 1 heterocycles. The maximum atomic E-state index is 5.61. The SMILES string of the molecule is CCN(CC)c1ccc(NC(=S)Nc2ccc3c(c2)OCCO3)c(C)c1. The Balaban J connectivity index is 1.66. The predicted octanol–water partition coefficient (Wildman–Crippen LogP) is 4.42. The van der Waals surface area contributed by atoms with E-state index in [1.807, 2.05) is 18.2 Å². The topological polar surface area (TPSA) is 45.8 Å². The lowest BCUT2D eigenvalue weighted by Gasteiger charge is -2.22. The molecule has 0 amide bonds. The largest absolute Gasteiger partial charge is 0.486 e. The van der Waals surface area contributed by atoms with Crippen LogP contribution >= 0.6 is 12.2 Å². The van der Waals surface area contributed by atoms with Crippen molar-refractivity contribution in [2.45, 2.75) is 20.8 Å². The smallest absolute Gasteiger partial charge is 0.175 e. The van der Waals surface area contributed by atoms with Crippen molar-refractivity contribution >= 4 is 34.4 Å². The maximum Gasteiger partial charge on any atom is 0.175 e. The lowest BCUT2D eigenvalue weighted by Crippen LogP contribution is -2.22. The number of rotatable bonds is 5. The minimum Gasteiger partial charge on any atom is -0.486 e. The van der Waals surface area contributed by atoms with Gasteiger partial charge in [-0.15, -0.1) is 0 Å². The number of anilines is 3.